The van der Waals surface area contributed by atoms with Crippen molar-refractivity contribution in [1.82, 2.24) is 24.5 Å². The van der Waals surface area contributed by atoms with Crippen molar-refractivity contribution in [3.63, 3.8) is 0 Å². The fourth-order valence-corrected chi connectivity index (χ4v) is 2.12. The molecule has 0 atom stereocenters. The van der Waals surface area contributed by atoms with Gasteiger partial charge < -0.3 is 5.32 Å². The lowest BCUT2D eigenvalue weighted by molar-refractivity contribution is 0.896. The van der Waals surface area contributed by atoms with E-state index in [0.29, 0.717) is 5.92 Å². The fraction of sp³-hybridized carbons (Fsp3) is 0.556. The summed E-state index contributed by atoms with van der Waals surface area (Å²) in [6.07, 6.45) is 4.83. The lowest BCUT2D eigenvalue weighted by atomic mass is 10.4. The first-order valence-electron chi connectivity index (χ1n) is 5.33. The predicted molar refractivity (Wildman–Crippen MR) is 60.5 cm³/mol. The summed E-state index contributed by atoms with van der Waals surface area (Å²) in [6, 6.07) is 0. The van der Waals surface area contributed by atoms with Crippen molar-refractivity contribution < 1.29 is 0 Å². The Hall–Kier alpha value is -1.50. The Morgan fingerprint density at radius 2 is 2.44 bits per heavy atom. The first-order chi connectivity index (χ1) is 7.92. The Morgan fingerprint density at radius 3 is 3.19 bits per heavy atom. The second-order valence-electron chi connectivity index (χ2n) is 3.84. The van der Waals surface area contributed by atoms with Crippen molar-refractivity contribution >= 4 is 16.7 Å². The molecule has 0 radical (unpaired) electrons. The molecule has 0 aromatic carbocycles. The number of nitrogens with one attached hydrogen (secondary N) is 2. The molecule has 0 aliphatic heterocycles. The second-order valence-corrected chi connectivity index (χ2v) is 4.59. The quantitative estimate of drug-likeness (QED) is 0.815. The molecule has 2 N–H and O–H groups in total. The Balaban J connectivity index is 1.50. The molecule has 1 aliphatic carbocycles. The molecule has 0 saturated heterocycles. The molecular formula is C9H12N6S. The highest BCUT2D eigenvalue weighted by molar-refractivity contribution is 7.09. The molecule has 7 heteroatoms. The lowest BCUT2D eigenvalue weighted by Crippen LogP contribution is -2.05. The van der Waals surface area contributed by atoms with E-state index in [2.05, 4.69) is 29.9 Å². The smallest absolute Gasteiger partial charge is 0.202 e. The molecule has 2 aromatic heterocycles. The van der Waals surface area contributed by atoms with Crippen molar-refractivity contribution in [2.75, 3.05) is 11.9 Å². The molecule has 1 saturated carbocycles. The van der Waals surface area contributed by atoms with Gasteiger partial charge >= 0.3 is 0 Å². The minimum atomic E-state index is 0.626. The van der Waals surface area contributed by atoms with Gasteiger partial charge in [0.1, 0.15) is 18.0 Å². The number of rotatable bonds is 5. The van der Waals surface area contributed by atoms with E-state index in [-0.39, 0.29) is 0 Å². The predicted octanol–water partition coefficient (Wildman–Crippen LogP) is 1.19. The van der Waals surface area contributed by atoms with E-state index in [4.69, 9.17) is 0 Å². The van der Waals surface area contributed by atoms with Crippen LogP contribution >= 0.6 is 11.5 Å². The zero-order chi connectivity index (χ0) is 10.8. The van der Waals surface area contributed by atoms with Crippen LogP contribution in [0.2, 0.25) is 0 Å². The van der Waals surface area contributed by atoms with Gasteiger partial charge in [-0.2, -0.15) is 9.47 Å². The van der Waals surface area contributed by atoms with Gasteiger partial charge in [0.15, 0.2) is 0 Å². The van der Waals surface area contributed by atoms with Crippen molar-refractivity contribution in [2.45, 2.75) is 25.2 Å². The molecule has 84 valence electrons. The normalized spacial score (nSPS) is 15.2. The summed E-state index contributed by atoms with van der Waals surface area (Å²) in [5, 5.41) is 10.8. The molecule has 0 bridgehead atoms. The summed E-state index contributed by atoms with van der Waals surface area (Å²) in [4.78, 5) is 8.49. The van der Waals surface area contributed by atoms with E-state index < -0.39 is 0 Å². The summed E-state index contributed by atoms with van der Waals surface area (Å²) in [5.41, 5.74) is 0. The van der Waals surface area contributed by atoms with Crippen LogP contribution in [0, 0.1) is 0 Å². The highest BCUT2D eigenvalue weighted by atomic mass is 32.1. The summed E-state index contributed by atoms with van der Waals surface area (Å²) < 4.78 is 4.33. The van der Waals surface area contributed by atoms with Gasteiger partial charge in [0.2, 0.25) is 5.13 Å². The minimum Gasteiger partial charge on any atom is -0.360 e. The van der Waals surface area contributed by atoms with Gasteiger partial charge in [-0.05, 0) is 12.8 Å². The maximum absolute atomic E-state index is 4.44. The molecule has 1 aliphatic rings. The first-order valence-corrected chi connectivity index (χ1v) is 6.11. The maximum Gasteiger partial charge on any atom is 0.202 e. The zero-order valence-electron chi connectivity index (χ0n) is 8.68. The standard InChI is InChI=1S/C9H12N6S/c1-2-6(1)8-13-9(16-15-8)10-4-3-7-11-5-12-14-7/h5-6H,1-4H2,(H,10,13,15)(H,11,12,14). The molecule has 16 heavy (non-hydrogen) atoms. The summed E-state index contributed by atoms with van der Waals surface area (Å²) in [6.45, 7) is 0.800. The third-order valence-corrected chi connectivity index (χ3v) is 3.17. The number of aromatic amines is 1. The van der Waals surface area contributed by atoms with E-state index in [0.717, 1.165) is 29.7 Å². The maximum atomic E-state index is 4.44. The van der Waals surface area contributed by atoms with E-state index in [1.807, 2.05) is 0 Å². The highest BCUT2D eigenvalue weighted by Crippen LogP contribution is 2.39. The van der Waals surface area contributed by atoms with Crippen LogP contribution in [0.3, 0.4) is 0 Å². The average molecular weight is 236 g/mol. The molecule has 0 amide bonds. The number of H-pyrrole nitrogens is 1. The SMILES string of the molecule is c1n[nH]c(CCNc2nc(C3CC3)ns2)n1. The second kappa shape index (κ2) is 4.17. The molecular weight excluding hydrogens is 224 g/mol. The summed E-state index contributed by atoms with van der Waals surface area (Å²) in [7, 11) is 0. The molecule has 0 spiro atoms. The number of nitrogens with zero attached hydrogens (tertiary/aromatic N) is 4. The molecule has 6 nitrogen and oxygen atoms in total. The summed E-state index contributed by atoms with van der Waals surface area (Å²) in [5.74, 6) is 2.52. The van der Waals surface area contributed by atoms with Crippen LogP contribution in [0.5, 0.6) is 0 Å². The topological polar surface area (TPSA) is 79.4 Å². The van der Waals surface area contributed by atoms with Gasteiger partial charge in [-0.25, -0.2) is 9.97 Å². The number of anilines is 1. The first kappa shape index (κ1) is 9.71. The van der Waals surface area contributed by atoms with E-state index >= 15 is 0 Å². The van der Waals surface area contributed by atoms with Gasteiger partial charge in [0.05, 0.1) is 0 Å². The van der Waals surface area contributed by atoms with Crippen LogP contribution in [0.25, 0.3) is 0 Å². The van der Waals surface area contributed by atoms with Crippen LogP contribution in [-0.4, -0.2) is 31.1 Å². The van der Waals surface area contributed by atoms with Gasteiger partial charge in [0, 0.05) is 30.4 Å². The van der Waals surface area contributed by atoms with Crippen molar-refractivity contribution in [3.05, 3.63) is 18.0 Å². The van der Waals surface area contributed by atoms with Crippen molar-refractivity contribution in [2.24, 2.45) is 0 Å². The summed E-state index contributed by atoms with van der Waals surface area (Å²) >= 11 is 1.44. The third-order valence-electron chi connectivity index (χ3n) is 2.49. The molecule has 0 unspecified atom stereocenters. The van der Waals surface area contributed by atoms with Crippen LogP contribution < -0.4 is 5.32 Å². The van der Waals surface area contributed by atoms with Crippen LogP contribution in [-0.2, 0) is 6.42 Å². The zero-order valence-corrected chi connectivity index (χ0v) is 9.50. The number of aromatic nitrogens is 5. The Kier molecular flexibility index (Phi) is 2.53. The van der Waals surface area contributed by atoms with Crippen molar-refractivity contribution in [1.29, 1.82) is 0 Å². The van der Waals surface area contributed by atoms with E-state index in [1.54, 1.807) is 0 Å². The van der Waals surface area contributed by atoms with Crippen LogP contribution in [0.1, 0.15) is 30.4 Å². The Morgan fingerprint density at radius 1 is 1.50 bits per heavy atom. The number of hydrogen-bond donors (Lipinski definition) is 2. The molecule has 1 fully saturated rings. The Labute approximate surface area is 96.7 Å². The fourth-order valence-electron chi connectivity index (χ4n) is 1.45. The highest BCUT2D eigenvalue weighted by Gasteiger charge is 2.27. The minimum absolute atomic E-state index is 0.626. The lowest BCUT2D eigenvalue weighted by Gasteiger charge is -1.98. The average Bonchev–Trinajstić information content (AvgIpc) is 2.83. The van der Waals surface area contributed by atoms with E-state index in [9.17, 15) is 0 Å². The monoisotopic (exact) mass is 236 g/mol. The molecule has 2 aromatic rings. The third kappa shape index (κ3) is 2.19. The largest absolute Gasteiger partial charge is 0.360 e. The van der Waals surface area contributed by atoms with Crippen LogP contribution in [0.15, 0.2) is 6.33 Å². The van der Waals surface area contributed by atoms with Gasteiger partial charge in [-0.1, -0.05) is 0 Å². The number of hydrogen-bond acceptors (Lipinski definition) is 6. The Bertz CT molecular complexity index is 446. The van der Waals surface area contributed by atoms with Gasteiger partial charge in [-0.15, -0.1) is 0 Å². The molecule has 2 heterocycles. The van der Waals surface area contributed by atoms with E-state index in [1.165, 1.54) is 30.7 Å². The van der Waals surface area contributed by atoms with Gasteiger partial charge in [0.25, 0.3) is 0 Å². The van der Waals surface area contributed by atoms with Gasteiger partial charge in [-0.3, -0.25) is 5.10 Å². The molecule has 3 rings (SSSR count). The van der Waals surface area contributed by atoms with Crippen molar-refractivity contribution in [3.8, 4) is 0 Å². The van der Waals surface area contributed by atoms with Crippen LogP contribution in [0.4, 0.5) is 5.13 Å².